The number of hydrogen-bond acceptors (Lipinski definition) is 6. The smallest absolute Gasteiger partial charge is 0.306 e. The third-order valence-corrected chi connectivity index (χ3v) is 3.54. The van der Waals surface area contributed by atoms with E-state index in [-0.39, 0.29) is 11.5 Å². The van der Waals surface area contributed by atoms with Crippen molar-refractivity contribution in [1.29, 1.82) is 0 Å². The molecule has 6 nitrogen and oxygen atoms in total. The van der Waals surface area contributed by atoms with Crippen LogP contribution in [0.2, 0.25) is 0 Å². The summed E-state index contributed by atoms with van der Waals surface area (Å²) in [6.07, 6.45) is -0.0448. The van der Waals surface area contributed by atoms with E-state index in [2.05, 4.69) is 0 Å². The maximum Gasteiger partial charge on any atom is 0.306 e. The fourth-order valence-electron chi connectivity index (χ4n) is 1.93. The maximum atomic E-state index is 11.2. The van der Waals surface area contributed by atoms with Gasteiger partial charge in [0.2, 0.25) is 6.29 Å². The van der Waals surface area contributed by atoms with Gasteiger partial charge in [0.1, 0.15) is 5.75 Å². The Morgan fingerprint density at radius 2 is 1.95 bits per heavy atom. The van der Waals surface area contributed by atoms with Gasteiger partial charge in [0.15, 0.2) is 11.5 Å². The first kappa shape index (κ1) is 14.0. The van der Waals surface area contributed by atoms with Crippen LogP contribution >= 0.6 is 0 Å². The summed E-state index contributed by atoms with van der Waals surface area (Å²) in [7, 11) is -2.27. The average Bonchev–Trinajstić information content (AvgIpc) is 2.48. The topological polar surface area (TPSA) is 82.1 Å². The average molecular weight is 288 g/mol. The van der Waals surface area contributed by atoms with Crippen LogP contribution < -0.4 is 13.7 Å². The second-order valence-corrected chi connectivity index (χ2v) is 6.55. The Balaban J connectivity index is 2.56. The minimum Gasteiger partial charge on any atom is -0.493 e. The van der Waals surface area contributed by atoms with Gasteiger partial charge >= 0.3 is 10.1 Å². The highest BCUT2D eigenvalue weighted by molar-refractivity contribution is 7.86. The Morgan fingerprint density at radius 1 is 1.32 bits per heavy atom. The van der Waals surface area contributed by atoms with Gasteiger partial charge in [0, 0.05) is 11.6 Å². The Hall–Kier alpha value is -1.47. The number of ether oxygens (including phenoxy) is 2. The molecule has 1 aromatic rings. The van der Waals surface area contributed by atoms with Gasteiger partial charge in [-0.05, 0) is 19.9 Å². The molecule has 0 fully saturated rings. The molecule has 0 radical (unpaired) electrons. The molecular weight excluding hydrogens is 272 g/mol. The monoisotopic (exact) mass is 288 g/mol. The van der Waals surface area contributed by atoms with Crippen molar-refractivity contribution in [3.8, 4) is 17.2 Å². The molecule has 0 bridgehead atoms. The standard InChI is InChI=1S/C12H16O6S/c1-12(2)7-5-10(18-19(4,14)15)9(16-3)6-8(7)17-11(12)13/h5-6,11,13H,1-4H3. The lowest BCUT2D eigenvalue weighted by molar-refractivity contribution is -0.0450. The summed E-state index contributed by atoms with van der Waals surface area (Å²) in [4.78, 5) is 0. The molecule has 2 rings (SSSR count). The molecule has 1 aromatic carbocycles. The van der Waals surface area contributed by atoms with Crippen molar-refractivity contribution in [3.63, 3.8) is 0 Å². The molecule has 19 heavy (non-hydrogen) atoms. The number of aliphatic hydroxyl groups excluding tert-OH is 1. The number of rotatable bonds is 3. The van der Waals surface area contributed by atoms with Crippen LogP contribution in [0.4, 0.5) is 0 Å². The summed E-state index contributed by atoms with van der Waals surface area (Å²) < 4.78 is 37.7. The van der Waals surface area contributed by atoms with Crippen LogP contribution in [0.1, 0.15) is 19.4 Å². The predicted molar refractivity (Wildman–Crippen MR) is 68.1 cm³/mol. The molecule has 0 saturated carbocycles. The van der Waals surface area contributed by atoms with E-state index in [9.17, 15) is 13.5 Å². The lowest BCUT2D eigenvalue weighted by Crippen LogP contribution is -2.31. The van der Waals surface area contributed by atoms with Crippen LogP contribution in [0.15, 0.2) is 12.1 Å². The van der Waals surface area contributed by atoms with E-state index in [1.54, 1.807) is 13.8 Å². The Labute approximate surface area is 112 Å². The van der Waals surface area contributed by atoms with Crippen LogP contribution in [0.5, 0.6) is 17.2 Å². The van der Waals surface area contributed by atoms with Crippen LogP contribution in [-0.4, -0.2) is 33.2 Å². The zero-order valence-corrected chi connectivity index (χ0v) is 11.9. The highest BCUT2D eigenvalue weighted by Crippen LogP contribution is 2.47. The fraction of sp³-hybridized carbons (Fsp3) is 0.500. The van der Waals surface area contributed by atoms with Crippen LogP contribution in [-0.2, 0) is 15.5 Å². The lowest BCUT2D eigenvalue weighted by atomic mass is 9.85. The number of methoxy groups -OCH3 is 1. The van der Waals surface area contributed by atoms with Gasteiger partial charge in [-0.15, -0.1) is 0 Å². The first-order chi connectivity index (χ1) is 8.65. The normalized spacial score (nSPS) is 20.6. The molecule has 0 aromatic heterocycles. The summed E-state index contributed by atoms with van der Waals surface area (Å²) in [6, 6.07) is 3.03. The Morgan fingerprint density at radius 3 is 2.47 bits per heavy atom. The van der Waals surface area contributed by atoms with Gasteiger partial charge in [0.05, 0.1) is 18.8 Å². The first-order valence-corrected chi connectivity index (χ1v) is 7.43. The quantitative estimate of drug-likeness (QED) is 0.836. The van der Waals surface area contributed by atoms with Crippen molar-refractivity contribution in [3.05, 3.63) is 17.7 Å². The molecule has 0 amide bonds. The van der Waals surface area contributed by atoms with Crippen LogP contribution in [0.25, 0.3) is 0 Å². The molecule has 1 aliphatic heterocycles. The molecule has 1 heterocycles. The summed E-state index contributed by atoms with van der Waals surface area (Å²) in [5.41, 5.74) is 0.0106. The fourth-order valence-corrected chi connectivity index (χ4v) is 2.39. The first-order valence-electron chi connectivity index (χ1n) is 5.62. The predicted octanol–water partition coefficient (Wildman–Crippen LogP) is 1.02. The van der Waals surface area contributed by atoms with Crippen molar-refractivity contribution in [2.45, 2.75) is 25.6 Å². The van der Waals surface area contributed by atoms with Gasteiger partial charge in [0.25, 0.3) is 0 Å². The van der Waals surface area contributed by atoms with Crippen LogP contribution in [0.3, 0.4) is 0 Å². The van der Waals surface area contributed by atoms with E-state index in [4.69, 9.17) is 13.7 Å². The summed E-state index contributed by atoms with van der Waals surface area (Å²) in [6.45, 7) is 3.58. The summed E-state index contributed by atoms with van der Waals surface area (Å²) in [5, 5.41) is 9.84. The van der Waals surface area contributed by atoms with Gasteiger partial charge in [-0.2, -0.15) is 8.42 Å². The molecule has 7 heteroatoms. The van der Waals surface area contributed by atoms with E-state index < -0.39 is 21.8 Å². The lowest BCUT2D eigenvalue weighted by Gasteiger charge is -2.21. The molecule has 1 unspecified atom stereocenters. The largest absolute Gasteiger partial charge is 0.493 e. The van der Waals surface area contributed by atoms with Gasteiger partial charge in [-0.25, -0.2) is 0 Å². The number of aliphatic hydroxyl groups is 1. The van der Waals surface area contributed by atoms with Crippen molar-refractivity contribution < 1.29 is 27.2 Å². The van der Waals surface area contributed by atoms with Gasteiger partial charge in [-0.1, -0.05) is 0 Å². The molecule has 1 aliphatic rings. The van der Waals surface area contributed by atoms with E-state index in [1.807, 2.05) is 0 Å². The van der Waals surface area contributed by atoms with Crippen molar-refractivity contribution in [2.24, 2.45) is 0 Å². The second-order valence-electron chi connectivity index (χ2n) is 4.98. The third-order valence-electron chi connectivity index (χ3n) is 3.06. The van der Waals surface area contributed by atoms with Crippen molar-refractivity contribution in [2.75, 3.05) is 13.4 Å². The molecule has 0 aliphatic carbocycles. The summed E-state index contributed by atoms with van der Waals surface area (Å²) in [5.74, 6) is 0.763. The minimum absolute atomic E-state index is 0.0783. The molecule has 1 atom stereocenters. The third kappa shape index (κ3) is 2.48. The number of hydrogen-bond donors (Lipinski definition) is 1. The van der Waals surface area contributed by atoms with E-state index in [1.165, 1.54) is 19.2 Å². The van der Waals surface area contributed by atoms with E-state index in [0.717, 1.165) is 6.26 Å². The highest BCUT2D eigenvalue weighted by atomic mass is 32.2. The van der Waals surface area contributed by atoms with E-state index >= 15 is 0 Å². The second kappa shape index (κ2) is 4.28. The highest BCUT2D eigenvalue weighted by Gasteiger charge is 2.41. The zero-order valence-electron chi connectivity index (χ0n) is 11.1. The minimum atomic E-state index is -3.66. The molecule has 1 N–H and O–H groups in total. The maximum absolute atomic E-state index is 11.2. The Kier molecular flexibility index (Phi) is 3.14. The van der Waals surface area contributed by atoms with Gasteiger partial charge < -0.3 is 18.8 Å². The number of benzene rings is 1. The van der Waals surface area contributed by atoms with Crippen molar-refractivity contribution in [1.82, 2.24) is 0 Å². The molecular formula is C12H16O6S. The van der Waals surface area contributed by atoms with E-state index in [0.29, 0.717) is 11.3 Å². The van der Waals surface area contributed by atoms with Gasteiger partial charge in [-0.3, -0.25) is 0 Å². The van der Waals surface area contributed by atoms with Crippen LogP contribution in [0, 0.1) is 0 Å². The molecule has 0 saturated heterocycles. The molecule has 106 valence electrons. The van der Waals surface area contributed by atoms with Crippen molar-refractivity contribution >= 4 is 10.1 Å². The molecule has 0 spiro atoms. The summed E-state index contributed by atoms with van der Waals surface area (Å²) >= 11 is 0. The zero-order chi connectivity index (χ0) is 14.4. The Bertz CT molecular complexity index is 605. The SMILES string of the molecule is COc1cc2c(cc1OS(C)(=O)=O)C(C)(C)C(O)O2. The number of fused-ring (bicyclic) bond motifs is 1.